The molecule has 0 saturated carbocycles. The summed E-state index contributed by atoms with van der Waals surface area (Å²) >= 11 is 1.43. The van der Waals surface area contributed by atoms with Crippen molar-refractivity contribution >= 4 is 27.0 Å². The van der Waals surface area contributed by atoms with E-state index in [2.05, 4.69) is 9.71 Å². The molecule has 0 bridgehead atoms. The normalized spacial score (nSPS) is 11.5. The fourth-order valence-electron chi connectivity index (χ4n) is 2.17. The number of thiazole rings is 1. The Morgan fingerprint density at radius 3 is 2.58 bits per heavy atom. The van der Waals surface area contributed by atoms with E-state index in [9.17, 15) is 17.2 Å². The molecule has 0 spiro atoms. The number of para-hydroxylation sites is 1. The second-order valence-electron chi connectivity index (χ2n) is 4.98. The second-order valence-corrected chi connectivity index (χ2v) is 7.69. The maximum absolute atomic E-state index is 13.8. The van der Waals surface area contributed by atoms with E-state index in [0.29, 0.717) is 17.3 Å². The summed E-state index contributed by atoms with van der Waals surface area (Å²) in [6.45, 7) is 1.84. The van der Waals surface area contributed by atoms with E-state index in [-0.39, 0.29) is 5.69 Å². The van der Waals surface area contributed by atoms with Crippen LogP contribution in [-0.2, 0) is 10.0 Å². The lowest BCUT2D eigenvalue weighted by Gasteiger charge is -2.12. The number of nitrogens with zero attached hydrogens (tertiary/aromatic N) is 1. The number of hydrogen-bond acceptors (Lipinski definition) is 4. The Bertz CT molecular complexity index is 1000. The molecule has 1 aromatic heterocycles. The maximum Gasteiger partial charge on any atom is 0.264 e. The molecular weight excluding hydrogens is 354 g/mol. The first-order valence-corrected chi connectivity index (χ1v) is 9.22. The maximum atomic E-state index is 13.8. The predicted octanol–water partition coefficient (Wildman–Crippen LogP) is 4.20. The van der Waals surface area contributed by atoms with Gasteiger partial charge in [-0.3, -0.25) is 4.72 Å². The van der Waals surface area contributed by atoms with E-state index >= 15 is 0 Å². The molecule has 0 aliphatic rings. The molecule has 8 heteroatoms. The molecule has 24 heavy (non-hydrogen) atoms. The average molecular weight is 366 g/mol. The summed E-state index contributed by atoms with van der Waals surface area (Å²) < 4.78 is 54.3. The molecule has 124 valence electrons. The van der Waals surface area contributed by atoms with E-state index in [0.717, 1.165) is 17.1 Å². The monoisotopic (exact) mass is 366 g/mol. The summed E-state index contributed by atoms with van der Waals surface area (Å²) in [4.78, 5) is 3.58. The number of aryl methyl sites for hydroxylation is 1. The Morgan fingerprint density at radius 1 is 1.12 bits per heavy atom. The lowest BCUT2D eigenvalue weighted by Crippen LogP contribution is -2.15. The fraction of sp³-hybridized carbons (Fsp3) is 0.0625. The highest BCUT2D eigenvalue weighted by Crippen LogP contribution is 2.30. The Kier molecular flexibility index (Phi) is 4.33. The van der Waals surface area contributed by atoms with Crippen LogP contribution in [0.5, 0.6) is 0 Å². The first-order chi connectivity index (χ1) is 11.4. The first kappa shape index (κ1) is 16.5. The van der Waals surface area contributed by atoms with Crippen molar-refractivity contribution in [3.8, 4) is 11.3 Å². The molecule has 1 N–H and O–H groups in total. The van der Waals surface area contributed by atoms with E-state index in [1.54, 1.807) is 29.6 Å². The van der Waals surface area contributed by atoms with Gasteiger partial charge in [-0.2, -0.15) is 0 Å². The van der Waals surface area contributed by atoms with E-state index in [1.165, 1.54) is 11.3 Å². The van der Waals surface area contributed by atoms with Crippen LogP contribution in [0.2, 0.25) is 0 Å². The Morgan fingerprint density at radius 2 is 1.88 bits per heavy atom. The number of benzene rings is 2. The summed E-state index contributed by atoms with van der Waals surface area (Å²) in [6, 6.07) is 8.91. The van der Waals surface area contributed by atoms with E-state index in [4.69, 9.17) is 0 Å². The zero-order valence-corrected chi connectivity index (χ0v) is 14.1. The van der Waals surface area contributed by atoms with Crippen LogP contribution in [0.4, 0.5) is 14.5 Å². The molecule has 0 saturated heterocycles. The third kappa shape index (κ3) is 3.29. The smallest absolute Gasteiger partial charge is 0.264 e. The van der Waals surface area contributed by atoms with Crippen molar-refractivity contribution in [1.29, 1.82) is 0 Å². The van der Waals surface area contributed by atoms with E-state index in [1.807, 2.05) is 6.92 Å². The largest absolute Gasteiger partial charge is 0.279 e. The van der Waals surface area contributed by atoms with Crippen molar-refractivity contribution < 1.29 is 17.2 Å². The lowest BCUT2D eigenvalue weighted by atomic mass is 10.1. The van der Waals surface area contributed by atoms with Crippen molar-refractivity contribution in [2.75, 3.05) is 4.72 Å². The van der Waals surface area contributed by atoms with Gasteiger partial charge in [-0.15, -0.1) is 11.3 Å². The van der Waals surface area contributed by atoms with Gasteiger partial charge < -0.3 is 0 Å². The number of nitrogens with one attached hydrogen (secondary N) is 1. The van der Waals surface area contributed by atoms with Crippen LogP contribution in [0, 0.1) is 18.6 Å². The zero-order chi connectivity index (χ0) is 17.3. The van der Waals surface area contributed by atoms with Crippen LogP contribution in [0.15, 0.2) is 52.7 Å². The van der Waals surface area contributed by atoms with E-state index < -0.39 is 26.6 Å². The van der Waals surface area contributed by atoms with Crippen molar-refractivity contribution in [3.05, 3.63) is 64.5 Å². The van der Waals surface area contributed by atoms with Crippen LogP contribution in [0.1, 0.15) is 5.01 Å². The molecule has 0 radical (unpaired) electrons. The van der Waals surface area contributed by atoms with Gasteiger partial charge >= 0.3 is 0 Å². The lowest BCUT2D eigenvalue weighted by molar-refractivity contribution is 0.555. The standard InChI is InChI=1S/C16H12F2N2O2S2/c1-10-19-15(9-23-10)12-4-2-3-5-14(12)20-24(21,22)16-8-11(17)6-7-13(16)18/h2-9,20H,1H3. The van der Waals surface area contributed by atoms with Crippen molar-refractivity contribution in [2.24, 2.45) is 0 Å². The molecule has 0 atom stereocenters. The fourth-order valence-corrected chi connectivity index (χ4v) is 3.95. The highest BCUT2D eigenvalue weighted by molar-refractivity contribution is 7.92. The predicted molar refractivity (Wildman–Crippen MR) is 89.5 cm³/mol. The van der Waals surface area contributed by atoms with Crippen LogP contribution in [0.3, 0.4) is 0 Å². The number of halogens is 2. The minimum atomic E-state index is -4.28. The van der Waals surface area contributed by atoms with Gasteiger partial charge in [-0.25, -0.2) is 22.2 Å². The van der Waals surface area contributed by atoms with Crippen LogP contribution in [0.25, 0.3) is 11.3 Å². The third-order valence-corrected chi connectivity index (χ3v) is 5.40. The Hall–Kier alpha value is -2.32. The minimum absolute atomic E-state index is 0.242. The summed E-state index contributed by atoms with van der Waals surface area (Å²) in [5.74, 6) is -1.86. The highest BCUT2D eigenvalue weighted by atomic mass is 32.2. The number of aromatic nitrogens is 1. The van der Waals surface area contributed by atoms with Crippen LogP contribution in [-0.4, -0.2) is 13.4 Å². The van der Waals surface area contributed by atoms with Gasteiger partial charge in [0.25, 0.3) is 10.0 Å². The summed E-state index contributed by atoms with van der Waals surface area (Å²) in [7, 11) is -4.28. The molecule has 0 aliphatic carbocycles. The summed E-state index contributed by atoms with van der Waals surface area (Å²) in [5, 5.41) is 2.63. The molecule has 0 fully saturated rings. The number of anilines is 1. The molecule has 4 nitrogen and oxygen atoms in total. The van der Waals surface area contributed by atoms with Gasteiger partial charge in [0.1, 0.15) is 16.5 Å². The molecular formula is C16H12F2N2O2S2. The summed E-state index contributed by atoms with van der Waals surface area (Å²) in [5.41, 5.74) is 1.41. The van der Waals surface area contributed by atoms with Crippen LogP contribution < -0.4 is 4.72 Å². The molecule has 0 aliphatic heterocycles. The molecule has 1 heterocycles. The van der Waals surface area contributed by atoms with Gasteiger partial charge in [0.15, 0.2) is 0 Å². The number of hydrogen-bond donors (Lipinski definition) is 1. The van der Waals surface area contributed by atoms with Crippen molar-refractivity contribution in [3.63, 3.8) is 0 Å². The van der Waals surface area contributed by atoms with Crippen molar-refractivity contribution in [1.82, 2.24) is 4.98 Å². The Labute approximate surface area is 141 Å². The van der Waals surface area contributed by atoms with Gasteiger partial charge in [0, 0.05) is 10.9 Å². The second kappa shape index (κ2) is 6.29. The van der Waals surface area contributed by atoms with Gasteiger partial charge in [0.2, 0.25) is 0 Å². The topological polar surface area (TPSA) is 59.1 Å². The average Bonchev–Trinajstić information content (AvgIpc) is 2.96. The SMILES string of the molecule is Cc1nc(-c2ccccc2NS(=O)(=O)c2cc(F)ccc2F)cs1. The van der Waals surface area contributed by atoms with Gasteiger partial charge in [-0.1, -0.05) is 18.2 Å². The molecule has 2 aromatic carbocycles. The quantitative estimate of drug-likeness (QED) is 0.753. The Balaban J connectivity index is 2.04. The van der Waals surface area contributed by atoms with Crippen LogP contribution >= 0.6 is 11.3 Å². The van der Waals surface area contributed by atoms with Crippen molar-refractivity contribution in [2.45, 2.75) is 11.8 Å². The van der Waals surface area contributed by atoms with Gasteiger partial charge in [0.05, 0.1) is 16.4 Å². The number of rotatable bonds is 4. The molecule has 3 aromatic rings. The third-order valence-electron chi connectivity index (χ3n) is 3.25. The zero-order valence-electron chi connectivity index (χ0n) is 12.5. The first-order valence-electron chi connectivity index (χ1n) is 6.86. The summed E-state index contributed by atoms with van der Waals surface area (Å²) in [6.07, 6.45) is 0. The van der Waals surface area contributed by atoms with Gasteiger partial charge in [-0.05, 0) is 31.2 Å². The molecule has 0 unspecified atom stereocenters. The molecule has 0 amide bonds. The minimum Gasteiger partial charge on any atom is -0.279 e. The molecule has 3 rings (SSSR count). The highest BCUT2D eigenvalue weighted by Gasteiger charge is 2.21. The number of sulfonamides is 1.